The highest BCUT2D eigenvalue weighted by atomic mass is 19.1. The van der Waals surface area contributed by atoms with Gasteiger partial charge in [0, 0.05) is 35.3 Å². The average molecular weight is 515 g/mol. The summed E-state index contributed by atoms with van der Waals surface area (Å²) < 4.78 is 35.5. The third kappa shape index (κ3) is 7.14. The molecular formula is C27H31FN2O7. The number of rotatable bonds is 14. The number of anilines is 1. The van der Waals surface area contributed by atoms with Crippen LogP contribution < -0.4 is 10.6 Å². The van der Waals surface area contributed by atoms with Crippen molar-refractivity contribution in [2.45, 2.75) is 19.4 Å². The van der Waals surface area contributed by atoms with E-state index in [9.17, 15) is 14.0 Å². The Morgan fingerprint density at radius 2 is 1.76 bits per heavy atom. The van der Waals surface area contributed by atoms with E-state index in [1.54, 1.807) is 6.07 Å². The molecule has 0 aromatic heterocycles. The number of aryl methyl sites for hydroxylation is 1. The number of fused-ring (bicyclic) bond motifs is 2. The molecule has 2 aliphatic rings. The van der Waals surface area contributed by atoms with Crippen LogP contribution in [-0.2, 0) is 41.6 Å². The zero-order chi connectivity index (χ0) is 26.0. The van der Waals surface area contributed by atoms with Gasteiger partial charge in [0.2, 0.25) is 5.91 Å². The van der Waals surface area contributed by atoms with Crippen LogP contribution in [0.5, 0.6) is 0 Å². The van der Waals surface area contributed by atoms with Crippen LogP contribution in [0.1, 0.15) is 28.7 Å². The highest BCUT2D eigenvalue weighted by Gasteiger charge is 2.32. The first-order valence-electron chi connectivity index (χ1n) is 12.3. The molecule has 2 aromatic rings. The van der Waals surface area contributed by atoms with E-state index in [0.717, 1.165) is 16.7 Å². The van der Waals surface area contributed by atoms with Crippen LogP contribution in [0.4, 0.5) is 10.1 Å². The van der Waals surface area contributed by atoms with Gasteiger partial charge in [0.1, 0.15) is 18.2 Å². The van der Waals surface area contributed by atoms with E-state index < -0.39 is 5.82 Å². The maximum absolute atomic E-state index is 13.8. The number of aliphatic hydroxyl groups excluding tert-OH is 1. The van der Waals surface area contributed by atoms with Crippen LogP contribution >= 0.6 is 0 Å². The molecule has 0 spiro atoms. The number of hydrogen-bond donors (Lipinski definition) is 3. The van der Waals surface area contributed by atoms with E-state index in [-0.39, 0.29) is 18.4 Å². The molecule has 2 heterocycles. The van der Waals surface area contributed by atoms with Gasteiger partial charge in [-0.1, -0.05) is 18.2 Å². The summed E-state index contributed by atoms with van der Waals surface area (Å²) >= 11 is 0. The minimum atomic E-state index is -0.419. The number of benzene rings is 2. The number of aliphatic hydroxyl groups is 1. The predicted molar refractivity (Wildman–Crippen MR) is 134 cm³/mol. The Morgan fingerprint density at radius 1 is 1.00 bits per heavy atom. The first-order chi connectivity index (χ1) is 18.1. The molecule has 0 fully saturated rings. The second-order valence-corrected chi connectivity index (χ2v) is 8.54. The first kappa shape index (κ1) is 26.7. The summed E-state index contributed by atoms with van der Waals surface area (Å²) in [5.41, 5.74) is 4.10. The Kier molecular flexibility index (Phi) is 9.61. The number of nitrogens with one attached hydrogen (secondary N) is 2. The predicted octanol–water partition coefficient (Wildman–Crippen LogP) is 2.27. The van der Waals surface area contributed by atoms with Crippen molar-refractivity contribution in [1.82, 2.24) is 5.32 Å². The zero-order valence-corrected chi connectivity index (χ0v) is 20.5. The molecule has 2 amide bonds. The highest BCUT2D eigenvalue weighted by molar-refractivity contribution is 6.36. The lowest BCUT2D eigenvalue weighted by molar-refractivity contribution is -0.121. The first-order valence-corrected chi connectivity index (χ1v) is 12.3. The van der Waals surface area contributed by atoms with Crippen molar-refractivity contribution in [2.75, 3.05) is 58.1 Å². The molecule has 0 saturated heterocycles. The molecule has 10 heteroatoms. The number of halogens is 1. The van der Waals surface area contributed by atoms with Gasteiger partial charge in [-0.05, 0) is 30.2 Å². The zero-order valence-electron chi connectivity index (χ0n) is 20.5. The van der Waals surface area contributed by atoms with Crippen molar-refractivity contribution in [3.8, 4) is 0 Å². The van der Waals surface area contributed by atoms with E-state index in [1.165, 1.54) is 12.1 Å². The second-order valence-electron chi connectivity index (χ2n) is 8.54. The van der Waals surface area contributed by atoms with Crippen LogP contribution in [0, 0.1) is 5.82 Å². The quantitative estimate of drug-likeness (QED) is 0.262. The Balaban J connectivity index is 1.19. The van der Waals surface area contributed by atoms with Gasteiger partial charge in [0.05, 0.1) is 51.8 Å². The highest BCUT2D eigenvalue weighted by Crippen LogP contribution is 2.41. The van der Waals surface area contributed by atoms with Crippen molar-refractivity contribution >= 4 is 28.8 Å². The van der Waals surface area contributed by atoms with Crippen LogP contribution in [0.15, 0.2) is 36.4 Å². The maximum Gasteiger partial charge on any atom is 0.260 e. The molecular weight excluding hydrogens is 483 g/mol. The SMILES string of the molecule is O=C(CCc1ccc2c(c1)CO/C2=C1/C(=O)Nc2ccc(F)cc21)NCCOCCOCCOCCO. The van der Waals surface area contributed by atoms with Crippen LogP contribution in [0.2, 0.25) is 0 Å². The molecule has 0 saturated carbocycles. The summed E-state index contributed by atoms with van der Waals surface area (Å²) in [5.74, 6) is -0.356. The fourth-order valence-electron chi connectivity index (χ4n) is 4.16. The lowest BCUT2D eigenvalue weighted by atomic mass is 9.98. The van der Waals surface area contributed by atoms with Gasteiger partial charge in [-0.25, -0.2) is 4.39 Å². The summed E-state index contributed by atoms with van der Waals surface area (Å²) in [4.78, 5) is 24.7. The fraction of sp³-hybridized carbons (Fsp3) is 0.407. The smallest absolute Gasteiger partial charge is 0.260 e. The molecule has 3 N–H and O–H groups in total. The monoisotopic (exact) mass is 514 g/mol. The van der Waals surface area contributed by atoms with E-state index >= 15 is 0 Å². The Bertz CT molecular complexity index is 1150. The van der Waals surface area contributed by atoms with Crippen LogP contribution in [0.25, 0.3) is 11.3 Å². The number of carbonyl (C=O) groups excluding carboxylic acids is 2. The van der Waals surface area contributed by atoms with Crippen LogP contribution in [-0.4, -0.2) is 69.7 Å². The fourth-order valence-corrected chi connectivity index (χ4v) is 4.16. The summed E-state index contributed by atoms with van der Waals surface area (Å²) in [6.45, 7) is 3.15. The van der Waals surface area contributed by atoms with Gasteiger partial charge in [0.15, 0.2) is 0 Å². The summed E-state index contributed by atoms with van der Waals surface area (Å²) in [5, 5.41) is 14.2. The molecule has 0 unspecified atom stereocenters. The van der Waals surface area contributed by atoms with Gasteiger partial charge in [0.25, 0.3) is 5.91 Å². The van der Waals surface area contributed by atoms with Gasteiger partial charge < -0.3 is 34.7 Å². The largest absolute Gasteiger partial charge is 0.487 e. The van der Waals surface area contributed by atoms with E-state index in [2.05, 4.69) is 10.6 Å². The number of carbonyl (C=O) groups is 2. The van der Waals surface area contributed by atoms with Crippen molar-refractivity contribution < 1.29 is 38.0 Å². The Labute approximate surface area is 214 Å². The topological polar surface area (TPSA) is 115 Å². The minimum absolute atomic E-state index is 0.00248. The summed E-state index contributed by atoms with van der Waals surface area (Å²) in [6, 6.07) is 9.96. The maximum atomic E-state index is 13.8. The molecule has 0 atom stereocenters. The normalized spacial score (nSPS) is 15.8. The molecule has 9 nitrogen and oxygen atoms in total. The molecule has 4 rings (SSSR count). The van der Waals surface area contributed by atoms with Gasteiger partial charge >= 0.3 is 0 Å². The third-order valence-electron chi connectivity index (χ3n) is 5.93. The molecule has 198 valence electrons. The second kappa shape index (κ2) is 13.3. The van der Waals surface area contributed by atoms with Crippen molar-refractivity contribution in [1.29, 1.82) is 0 Å². The summed E-state index contributed by atoms with van der Waals surface area (Å²) in [6.07, 6.45) is 0.895. The lowest BCUT2D eigenvalue weighted by Crippen LogP contribution is -2.27. The standard InChI is InChI=1S/C27H31FN2O7/c28-20-3-5-23-22(16-20)25(27(33)30-23)26-21-4-1-18(15-19(21)17-37-26)2-6-24(32)29-7-9-34-11-13-36-14-12-35-10-8-31/h1,3-5,15-16,31H,2,6-14,17H2,(H,29,32)(H,30,33)/b26-25+. The van der Waals surface area contributed by atoms with E-state index in [1.807, 2.05) is 18.2 Å². The summed E-state index contributed by atoms with van der Waals surface area (Å²) in [7, 11) is 0. The Morgan fingerprint density at radius 3 is 2.54 bits per heavy atom. The molecule has 2 aromatic carbocycles. The number of ether oxygens (including phenoxy) is 4. The molecule has 0 bridgehead atoms. The van der Waals surface area contributed by atoms with Crippen molar-refractivity contribution in [3.63, 3.8) is 0 Å². The molecule has 37 heavy (non-hydrogen) atoms. The number of amides is 2. The van der Waals surface area contributed by atoms with E-state index in [4.69, 9.17) is 24.1 Å². The van der Waals surface area contributed by atoms with Crippen molar-refractivity contribution in [2.24, 2.45) is 0 Å². The van der Waals surface area contributed by atoms with Crippen LogP contribution in [0.3, 0.4) is 0 Å². The third-order valence-corrected chi connectivity index (χ3v) is 5.93. The molecule has 2 aliphatic heterocycles. The number of hydrogen-bond acceptors (Lipinski definition) is 7. The van der Waals surface area contributed by atoms with Gasteiger partial charge in [-0.2, -0.15) is 0 Å². The Hall–Kier alpha value is -3.31. The van der Waals surface area contributed by atoms with Crippen molar-refractivity contribution in [3.05, 3.63) is 64.5 Å². The minimum Gasteiger partial charge on any atom is -0.487 e. The lowest BCUT2D eigenvalue weighted by Gasteiger charge is -2.08. The molecule has 0 radical (unpaired) electrons. The average Bonchev–Trinajstić information content (AvgIpc) is 3.44. The van der Waals surface area contributed by atoms with Gasteiger partial charge in [-0.3, -0.25) is 9.59 Å². The van der Waals surface area contributed by atoms with Gasteiger partial charge in [-0.15, -0.1) is 0 Å². The molecule has 0 aliphatic carbocycles. The van der Waals surface area contributed by atoms with E-state index in [0.29, 0.717) is 88.2 Å².